The molecule has 2 aromatic rings. The molecule has 0 radical (unpaired) electrons. The van der Waals surface area contributed by atoms with Gasteiger partial charge in [-0.05, 0) is 63.8 Å². The van der Waals surface area contributed by atoms with Crippen LogP contribution in [0.3, 0.4) is 0 Å². The first-order chi connectivity index (χ1) is 17.5. The normalized spacial score (nSPS) is 26.0. The van der Waals surface area contributed by atoms with E-state index in [1.54, 1.807) is 0 Å². The smallest absolute Gasteiger partial charge is 0.387 e. The van der Waals surface area contributed by atoms with Gasteiger partial charge in [0.05, 0.1) is 17.6 Å². The first kappa shape index (κ1) is 27.2. The molecule has 1 unspecified atom stereocenters. The number of halogens is 4. The van der Waals surface area contributed by atoms with Crippen LogP contribution in [0.5, 0.6) is 11.5 Å². The van der Waals surface area contributed by atoms with E-state index in [0.29, 0.717) is 19.3 Å². The largest absolute Gasteiger partial charge is 0.460 e. The molecule has 1 aliphatic carbocycles. The van der Waals surface area contributed by atoms with E-state index in [1.807, 2.05) is 51.1 Å². The molecule has 2 aliphatic rings. The fourth-order valence-electron chi connectivity index (χ4n) is 5.45. The quantitative estimate of drug-likeness (QED) is 0.328. The molecule has 4 rings (SSSR count). The number of hydroxylamine groups is 1. The minimum atomic E-state index is -3.11. The number of esters is 1. The molecule has 2 fully saturated rings. The Morgan fingerprint density at radius 3 is 2.41 bits per heavy atom. The Hall–Kier alpha value is -2.85. The van der Waals surface area contributed by atoms with Crippen LogP contribution in [-0.2, 0) is 14.4 Å². The first-order valence-electron chi connectivity index (χ1n) is 12.2. The summed E-state index contributed by atoms with van der Waals surface area (Å²) in [6, 6.07) is 12.4. The van der Waals surface area contributed by atoms with Gasteiger partial charge in [0.15, 0.2) is 0 Å². The number of hydrogen-bond acceptors (Lipinski definition) is 6. The molecule has 0 aromatic heterocycles. The first-order valence-corrected chi connectivity index (χ1v) is 12.2. The van der Waals surface area contributed by atoms with Crippen LogP contribution < -0.4 is 15.0 Å². The van der Waals surface area contributed by atoms with Gasteiger partial charge in [-0.1, -0.05) is 30.3 Å². The Balaban J connectivity index is 1.70. The molecule has 1 heterocycles. The molecule has 1 saturated carbocycles. The number of ether oxygens (including phenoxy) is 3. The molecule has 37 heavy (non-hydrogen) atoms. The summed E-state index contributed by atoms with van der Waals surface area (Å²) >= 11 is 0. The lowest BCUT2D eigenvalue weighted by molar-refractivity contribution is -0.170. The monoisotopic (exact) mass is 525 g/mol. The van der Waals surface area contributed by atoms with Crippen molar-refractivity contribution in [2.75, 3.05) is 0 Å². The highest BCUT2D eigenvalue weighted by Gasteiger charge is 2.55. The van der Waals surface area contributed by atoms with Crippen molar-refractivity contribution in [2.24, 2.45) is 5.92 Å². The van der Waals surface area contributed by atoms with E-state index in [1.165, 1.54) is 12.1 Å². The molecule has 1 aliphatic heterocycles. The number of alkyl halides is 4. The van der Waals surface area contributed by atoms with E-state index in [9.17, 15) is 22.4 Å². The van der Waals surface area contributed by atoms with Crippen LogP contribution in [0.1, 0.15) is 69.5 Å². The van der Waals surface area contributed by atoms with Gasteiger partial charge < -0.3 is 14.2 Å². The number of hydrogen-bond donors (Lipinski definition) is 1. The zero-order valence-electron chi connectivity index (χ0n) is 20.9. The van der Waals surface area contributed by atoms with Gasteiger partial charge in [0, 0.05) is 17.9 Å². The minimum absolute atomic E-state index is 0.175. The highest BCUT2D eigenvalue weighted by Crippen LogP contribution is 2.54. The zero-order valence-corrected chi connectivity index (χ0v) is 20.9. The predicted octanol–water partition coefficient (Wildman–Crippen LogP) is 6.52. The highest BCUT2D eigenvalue weighted by atomic mass is 19.3. The standard InChI is InChI=1S/C27H31F4NO5/c1-26(2,3)36-23(33)18-10-7-13-27(22(18)16-8-5-4-6-9-16)15-20(32-37-27)19-14-17(34-24(28)29)11-12-21(19)35-25(30)31/h4-6,8-9,11-12,14,18,20,22,24-25,32H,7,10,13,15H2,1-3H3/t18?,20-,22-,27-/m1/s1. The third-order valence-corrected chi connectivity index (χ3v) is 6.70. The summed E-state index contributed by atoms with van der Waals surface area (Å²) in [5.41, 5.74) is 2.44. The summed E-state index contributed by atoms with van der Waals surface area (Å²) in [7, 11) is 0. The van der Waals surface area contributed by atoms with Crippen LogP contribution in [-0.4, -0.2) is 30.4 Å². The molecule has 202 valence electrons. The lowest BCUT2D eigenvalue weighted by Crippen LogP contribution is -2.47. The molecule has 1 spiro atoms. The van der Waals surface area contributed by atoms with Crippen molar-refractivity contribution in [3.8, 4) is 11.5 Å². The van der Waals surface area contributed by atoms with Gasteiger partial charge >= 0.3 is 19.2 Å². The topological polar surface area (TPSA) is 66.0 Å². The molecule has 0 amide bonds. The van der Waals surface area contributed by atoms with Gasteiger partial charge in [0.1, 0.15) is 17.1 Å². The van der Waals surface area contributed by atoms with E-state index in [4.69, 9.17) is 9.57 Å². The molecule has 1 N–H and O–H groups in total. The van der Waals surface area contributed by atoms with E-state index in [-0.39, 0.29) is 29.5 Å². The average molecular weight is 526 g/mol. The van der Waals surface area contributed by atoms with Crippen molar-refractivity contribution in [1.29, 1.82) is 0 Å². The van der Waals surface area contributed by atoms with Gasteiger partial charge in [0.2, 0.25) is 0 Å². The Morgan fingerprint density at radius 1 is 1.05 bits per heavy atom. The summed E-state index contributed by atoms with van der Waals surface area (Å²) in [5, 5.41) is 0. The summed E-state index contributed by atoms with van der Waals surface area (Å²) in [4.78, 5) is 19.5. The van der Waals surface area contributed by atoms with Gasteiger partial charge in [-0.25, -0.2) is 0 Å². The average Bonchev–Trinajstić information content (AvgIpc) is 3.22. The fourth-order valence-corrected chi connectivity index (χ4v) is 5.45. The maximum atomic E-state index is 13.3. The van der Waals surface area contributed by atoms with Crippen molar-refractivity contribution in [1.82, 2.24) is 5.48 Å². The molecular weight excluding hydrogens is 494 g/mol. The second-order valence-corrected chi connectivity index (χ2v) is 10.4. The second kappa shape index (κ2) is 10.9. The molecule has 6 nitrogen and oxygen atoms in total. The molecular formula is C27H31F4NO5. The van der Waals surface area contributed by atoms with Crippen LogP contribution >= 0.6 is 0 Å². The summed E-state index contributed by atoms with van der Waals surface area (Å²) in [6.07, 6.45) is 2.15. The molecule has 1 saturated heterocycles. The number of carbonyl (C=O) groups is 1. The van der Waals surface area contributed by atoms with Crippen LogP contribution in [0, 0.1) is 5.92 Å². The van der Waals surface area contributed by atoms with E-state index >= 15 is 0 Å². The van der Waals surface area contributed by atoms with Crippen molar-refractivity contribution < 1.29 is 41.4 Å². The molecule has 4 atom stereocenters. The maximum Gasteiger partial charge on any atom is 0.387 e. The van der Waals surface area contributed by atoms with Crippen molar-refractivity contribution in [3.63, 3.8) is 0 Å². The molecule has 10 heteroatoms. The Bertz CT molecular complexity index is 1080. The number of nitrogens with one attached hydrogen (secondary N) is 1. The lowest BCUT2D eigenvalue weighted by Gasteiger charge is -2.44. The zero-order chi connectivity index (χ0) is 26.8. The molecule has 0 bridgehead atoms. The predicted molar refractivity (Wildman–Crippen MR) is 126 cm³/mol. The lowest BCUT2D eigenvalue weighted by atomic mass is 9.64. The van der Waals surface area contributed by atoms with Crippen molar-refractivity contribution in [3.05, 3.63) is 59.7 Å². The van der Waals surface area contributed by atoms with Gasteiger partial charge in [0.25, 0.3) is 0 Å². The Morgan fingerprint density at radius 2 is 1.76 bits per heavy atom. The van der Waals surface area contributed by atoms with Crippen LogP contribution in [0.25, 0.3) is 0 Å². The van der Waals surface area contributed by atoms with Gasteiger partial charge in [-0.2, -0.15) is 23.0 Å². The summed E-state index contributed by atoms with van der Waals surface area (Å²) in [6.45, 7) is -0.763. The van der Waals surface area contributed by atoms with Gasteiger partial charge in [-0.3, -0.25) is 9.63 Å². The summed E-state index contributed by atoms with van der Waals surface area (Å²) < 4.78 is 66.9. The van der Waals surface area contributed by atoms with E-state index in [2.05, 4.69) is 15.0 Å². The fraction of sp³-hybridized carbons (Fsp3) is 0.519. The van der Waals surface area contributed by atoms with E-state index in [0.717, 1.165) is 11.6 Å². The van der Waals surface area contributed by atoms with Crippen LogP contribution in [0.4, 0.5) is 17.6 Å². The maximum absolute atomic E-state index is 13.3. The van der Waals surface area contributed by atoms with E-state index < -0.39 is 42.3 Å². The van der Waals surface area contributed by atoms with Crippen LogP contribution in [0.15, 0.2) is 48.5 Å². The summed E-state index contributed by atoms with van der Waals surface area (Å²) in [5.74, 6) is -1.59. The minimum Gasteiger partial charge on any atom is -0.460 e. The third-order valence-electron chi connectivity index (χ3n) is 6.70. The highest BCUT2D eigenvalue weighted by molar-refractivity contribution is 5.75. The third kappa shape index (κ3) is 6.35. The molecule has 2 aromatic carbocycles. The van der Waals surface area contributed by atoms with Crippen molar-refractivity contribution in [2.45, 2.75) is 82.8 Å². The Kier molecular flexibility index (Phi) is 7.99. The second-order valence-electron chi connectivity index (χ2n) is 10.4. The van der Waals surface area contributed by atoms with Crippen LogP contribution in [0.2, 0.25) is 0 Å². The van der Waals surface area contributed by atoms with Gasteiger partial charge in [-0.15, -0.1) is 0 Å². The number of rotatable bonds is 7. The Labute approximate surface area is 213 Å². The SMILES string of the molecule is CC(C)(C)OC(=O)C1CCC[C@@]2(C[C@H](c3cc(OC(F)F)ccc3OC(F)F)NO2)[C@@H]1c1ccccc1. The van der Waals surface area contributed by atoms with Crippen molar-refractivity contribution >= 4 is 5.97 Å². The number of carbonyl (C=O) groups excluding carboxylic acids is 1. The number of benzene rings is 2.